The number of carbonyl (C=O) groups is 4. The van der Waals surface area contributed by atoms with Crippen LogP contribution in [0.25, 0.3) is 0 Å². The third kappa shape index (κ3) is 35.3. The molecule has 0 spiro atoms. The zero-order valence-corrected chi connectivity index (χ0v) is 42.9. The minimum atomic E-state index is -1.90. The molecule has 0 aromatic carbocycles. The van der Waals surface area contributed by atoms with E-state index >= 15 is 0 Å². The van der Waals surface area contributed by atoms with Crippen LogP contribution in [0.1, 0.15) is 265 Å². The van der Waals surface area contributed by atoms with Crippen LogP contribution in [0.3, 0.4) is 0 Å². The van der Waals surface area contributed by atoms with Gasteiger partial charge < -0.3 is 39.0 Å². The van der Waals surface area contributed by atoms with Gasteiger partial charge in [0.05, 0.1) is 6.61 Å². The number of carboxylic acids is 1. The molecule has 6 unspecified atom stereocenters. The second-order valence-electron chi connectivity index (χ2n) is 19.2. The van der Waals surface area contributed by atoms with Crippen molar-refractivity contribution in [3.05, 3.63) is 12.2 Å². The van der Waals surface area contributed by atoms with Gasteiger partial charge in [0.1, 0.15) is 18.8 Å². The summed E-state index contributed by atoms with van der Waals surface area (Å²) in [6.45, 7) is 5.95. The van der Waals surface area contributed by atoms with Crippen molar-refractivity contribution in [2.75, 3.05) is 13.2 Å². The molecule has 0 aliphatic carbocycles. The zero-order valence-electron chi connectivity index (χ0n) is 42.9. The Balaban J connectivity index is 2.68. The molecule has 0 bridgehead atoms. The lowest BCUT2D eigenvalue weighted by molar-refractivity contribution is -0.301. The number of esters is 3. The molecule has 1 rings (SSSR count). The number of aliphatic hydroxyl groups excluding tert-OH is 2. The summed E-state index contributed by atoms with van der Waals surface area (Å²) >= 11 is 0. The topological polar surface area (TPSA) is 175 Å². The van der Waals surface area contributed by atoms with E-state index in [1.54, 1.807) is 0 Å². The van der Waals surface area contributed by atoms with E-state index < -0.39 is 67.3 Å². The third-order valence-electron chi connectivity index (χ3n) is 12.8. The van der Waals surface area contributed by atoms with Gasteiger partial charge in [-0.25, -0.2) is 4.79 Å². The highest BCUT2D eigenvalue weighted by Crippen LogP contribution is 2.26. The van der Waals surface area contributed by atoms with Crippen LogP contribution in [0.4, 0.5) is 0 Å². The monoisotopic (exact) mass is 953 g/mol. The first-order valence-electron chi connectivity index (χ1n) is 27.7. The predicted molar refractivity (Wildman–Crippen MR) is 267 cm³/mol. The van der Waals surface area contributed by atoms with Crippen LogP contribution in [-0.4, -0.2) is 89.2 Å². The molecule has 392 valence electrons. The summed E-state index contributed by atoms with van der Waals surface area (Å²) in [6.07, 6.45) is 34.9. The SMILES string of the molecule is CCCCCC/C=C\CCCCCCCC(=O)OC1C(OCC(COC(=O)CCCCCCCCCCCCCCCCC)OC(=O)CCCCCCCCCCC)OC(C(=O)O)C(O)C1O. The van der Waals surface area contributed by atoms with Gasteiger partial charge in [0, 0.05) is 19.3 Å². The highest BCUT2D eigenvalue weighted by atomic mass is 16.7. The van der Waals surface area contributed by atoms with E-state index in [1.807, 2.05) is 0 Å². The van der Waals surface area contributed by atoms with Gasteiger partial charge in [-0.3, -0.25) is 14.4 Å². The molecule has 0 radical (unpaired) electrons. The molecule has 1 aliphatic heterocycles. The second kappa shape index (κ2) is 44.7. The first-order chi connectivity index (χ1) is 32.6. The van der Waals surface area contributed by atoms with Gasteiger partial charge in [0.15, 0.2) is 24.6 Å². The fourth-order valence-electron chi connectivity index (χ4n) is 8.54. The van der Waals surface area contributed by atoms with Crippen LogP contribution >= 0.6 is 0 Å². The largest absolute Gasteiger partial charge is 0.479 e. The van der Waals surface area contributed by atoms with Crippen molar-refractivity contribution in [2.45, 2.75) is 302 Å². The van der Waals surface area contributed by atoms with E-state index in [-0.39, 0.29) is 25.9 Å². The van der Waals surface area contributed by atoms with Gasteiger partial charge in [-0.05, 0) is 44.9 Å². The molecule has 1 aliphatic rings. The van der Waals surface area contributed by atoms with Gasteiger partial charge in [-0.15, -0.1) is 0 Å². The smallest absolute Gasteiger partial charge is 0.335 e. The maximum absolute atomic E-state index is 13.0. The average molecular weight is 953 g/mol. The Hall–Kier alpha value is -2.54. The minimum absolute atomic E-state index is 0.0560. The first-order valence-corrected chi connectivity index (χ1v) is 27.7. The fourth-order valence-corrected chi connectivity index (χ4v) is 8.54. The number of allylic oxidation sites excluding steroid dienone is 2. The van der Waals surface area contributed by atoms with Crippen LogP contribution in [-0.2, 0) is 42.9 Å². The number of aliphatic hydroxyl groups is 2. The molecule has 0 aromatic rings. The van der Waals surface area contributed by atoms with E-state index in [4.69, 9.17) is 23.7 Å². The summed E-state index contributed by atoms with van der Waals surface area (Å²) in [4.78, 5) is 50.8. The molecule has 1 saturated heterocycles. The van der Waals surface area contributed by atoms with Crippen molar-refractivity contribution in [3.8, 4) is 0 Å². The molecule has 0 amide bonds. The lowest BCUT2D eigenvalue weighted by atomic mass is 9.98. The molecule has 1 fully saturated rings. The van der Waals surface area contributed by atoms with Crippen molar-refractivity contribution < 1.29 is 58.2 Å². The van der Waals surface area contributed by atoms with Crippen molar-refractivity contribution >= 4 is 23.9 Å². The summed E-state index contributed by atoms with van der Waals surface area (Å²) in [7, 11) is 0. The normalized spacial score (nSPS) is 18.9. The number of carbonyl (C=O) groups excluding carboxylic acids is 3. The standard InChI is InChI=1S/C55H100O12/c1-4-7-10-13-16-19-21-23-24-26-27-30-32-35-38-41-47(56)63-44-46(65-48(57)42-39-36-33-29-18-15-12-9-6-3)45-64-55-53(51(60)50(59)52(67-55)54(61)62)66-49(58)43-40-37-34-31-28-25-22-20-17-14-11-8-5-2/h20,22,46,50-53,55,59-60H,4-19,21,23-45H2,1-3H3,(H,61,62)/b22-20-. The summed E-state index contributed by atoms with van der Waals surface area (Å²) in [5.41, 5.74) is 0. The van der Waals surface area contributed by atoms with Gasteiger partial charge in [0.25, 0.3) is 0 Å². The predicted octanol–water partition coefficient (Wildman–Crippen LogP) is 13.3. The number of unbranched alkanes of at least 4 members (excludes halogenated alkanes) is 31. The molecule has 0 saturated carbocycles. The molecule has 6 atom stereocenters. The molecular formula is C55H100O12. The van der Waals surface area contributed by atoms with Crippen molar-refractivity contribution in [2.24, 2.45) is 0 Å². The molecular weight excluding hydrogens is 853 g/mol. The Morgan fingerprint density at radius 1 is 0.478 bits per heavy atom. The fraction of sp³-hybridized carbons (Fsp3) is 0.891. The maximum Gasteiger partial charge on any atom is 0.335 e. The number of ether oxygens (including phenoxy) is 5. The number of aliphatic carboxylic acids is 1. The van der Waals surface area contributed by atoms with Gasteiger partial charge in [0.2, 0.25) is 0 Å². The Labute approximate surface area is 407 Å². The Kier molecular flexibility index (Phi) is 41.6. The van der Waals surface area contributed by atoms with E-state index in [2.05, 4.69) is 32.9 Å². The molecule has 3 N–H and O–H groups in total. The van der Waals surface area contributed by atoms with Crippen LogP contribution in [0.5, 0.6) is 0 Å². The Bertz CT molecular complexity index is 1230. The van der Waals surface area contributed by atoms with E-state index in [0.717, 1.165) is 77.0 Å². The number of rotatable bonds is 47. The van der Waals surface area contributed by atoms with E-state index in [1.165, 1.54) is 128 Å². The van der Waals surface area contributed by atoms with Gasteiger partial charge in [-0.2, -0.15) is 0 Å². The summed E-state index contributed by atoms with van der Waals surface area (Å²) in [5.74, 6) is -3.10. The third-order valence-corrected chi connectivity index (χ3v) is 12.8. The van der Waals surface area contributed by atoms with E-state index in [9.17, 15) is 34.5 Å². The summed E-state index contributed by atoms with van der Waals surface area (Å²) < 4.78 is 28.3. The van der Waals surface area contributed by atoms with Crippen molar-refractivity contribution in [1.29, 1.82) is 0 Å². The van der Waals surface area contributed by atoms with Crippen LogP contribution in [0.2, 0.25) is 0 Å². The highest BCUT2D eigenvalue weighted by Gasteiger charge is 2.50. The molecule has 67 heavy (non-hydrogen) atoms. The number of hydrogen-bond acceptors (Lipinski definition) is 11. The Morgan fingerprint density at radius 3 is 1.28 bits per heavy atom. The lowest BCUT2D eigenvalue weighted by Gasteiger charge is -2.40. The lowest BCUT2D eigenvalue weighted by Crippen LogP contribution is -2.61. The first kappa shape index (κ1) is 62.5. The van der Waals surface area contributed by atoms with Crippen molar-refractivity contribution in [1.82, 2.24) is 0 Å². The van der Waals surface area contributed by atoms with Crippen LogP contribution in [0, 0.1) is 0 Å². The Morgan fingerprint density at radius 2 is 0.851 bits per heavy atom. The maximum atomic E-state index is 13.0. The second-order valence-corrected chi connectivity index (χ2v) is 19.2. The quantitative estimate of drug-likeness (QED) is 0.0228. The van der Waals surface area contributed by atoms with Crippen LogP contribution < -0.4 is 0 Å². The minimum Gasteiger partial charge on any atom is -0.479 e. The number of hydrogen-bond donors (Lipinski definition) is 3. The molecule has 12 heteroatoms. The van der Waals surface area contributed by atoms with E-state index in [0.29, 0.717) is 19.3 Å². The van der Waals surface area contributed by atoms with Crippen LogP contribution in [0.15, 0.2) is 12.2 Å². The zero-order chi connectivity index (χ0) is 49.0. The van der Waals surface area contributed by atoms with Crippen molar-refractivity contribution in [3.63, 3.8) is 0 Å². The molecule has 12 nitrogen and oxygen atoms in total. The van der Waals surface area contributed by atoms with Gasteiger partial charge in [-0.1, -0.05) is 213 Å². The number of carboxylic acid groups (broad SMARTS) is 1. The average Bonchev–Trinajstić information content (AvgIpc) is 3.31. The summed E-state index contributed by atoms with van der Waals surface area (Å²) in [6, 6.07) is 0. The molecule has 0 aromatic heterocycles. The molecule has 1 heterocycles. The van der Waals surface area contributed by atoms with Gasteiger partial charge >= 0.3 is 23.9 Å². The highest BCUT2D eigenvalue weighted by molar-refractivity contribution is 5.74. The summed E-state index contributed by atoms with van der Waals surface area (Å²) in [5, 5.41) is 31.3.